The number of carbonyl (C=O) groups is 2. The third-order valence-electron chi connectivity index (χ3n) is 5.54. The number of amides is 2. The lowest BCUT2D eigenvalue weighted by Gasteiger charge is -2.37. The Kier molecular flexibility index (Phi) is 5.17. The summed E-state index contributed by atoms with van der Waals surface area (Å²) in [6.07, 6.45) is 0.982. The number of aromatic nitrogens is 2. The van der Waals surface area contributed by atoms with E-state index in [4.69, 9.17) is 9.05 Å². The normalized spacial score (nSPS) is 20.9. The highest BCUT2D eigenvalue weighted by Crippen LogP contribution is 2.24. The molecule has 0 radical (unpaired) electrons. The molecule has 0 aliphatic carbocycles. The Balaban J connectivity index is 1.35. The van der Waals surface area contributed by atoms with Crippen LogP contribution in [0.1, 0.15) is 35.7 Å². The maximum absolute atomic E-state index is 13.1. The molecule has 1 atom stereocenters. The molecule has 0 spiro atoms. The van der Waals surface area contributed by atoms with Crippen molar-refractivity contribution in [1.82, 2.24) is 25.0 Å². The first-order chi connectivity index (χ1) is 13.5. The van der Waals surface area contributed by atoms with Crippen LogP contribution >= 0.6 is 0 Å². The van der Waals surface area contributed by atoms with Crippen LogP contribution in [0.5, 0.6) is 0 Å². The number of piperazine rings is 1. The van der Waals surface area contributed by atoms with Gasteiger partial charge < -0.3 is 14.2 Å². The number of hydrogen-bond donors (Lipinski definition) is 0. The standard InChI is InChI=1S/C19H25N5O4/c1-13-3-4-15(27-13)11-24-17(5-6-18(24)25)19(26)23-9-7-22(8-10-23)12-16-14(2)20-28-21-16/h3-4,17H,5-12H2,1-2H3. The summed E-state index contributed by atoms with van der Waals surface area (Å²) in [6.45, 7) is 7.56. The van der Waals surface area contributed by atoms with E-state index in [1.807, 2.05) is 30.9 Å². The summed E-state index contributed by atoms with van der Waals surface area (Å²) in [5, 5.41) is 7.73. The molecule has 9 heteroatoms. The Morgan fingerprint density at radius 1 is 1.14 bits per heavy atom. The van der Waals surface area contributed by atoms with Crippen molar-refractivity contribution in [2.45, 2.75) is 45.8 Å². The Labute approximate surface area is 163 Å². The molecule has 0 N–H and O–H groups in total. The average Bonchev–Trinajstić information content (AvgIpc) is 3.38. The summed E-state index contributed by atoms with van der Waals surface area (Å²) in [5.74, 6) is 1.57. The molecule has 9 nitrogen and oxygen atoms in total. The fraction of sp³-hybridized carbons (Fsp3) is 0.579. The Hall–Kier alpha value is -2.68. The van der Waals surface area contributed by atoms with Crippen LogP contribution in [0, 0.1) is 13.8 Å². The lowest BCUT2D eigenvalue weighted by atomic mass is 10.1. The molecule has 2 aromatic heterocycles. The van der Waals surface area contributed by atoms with Gasteiger partial charge >= 0.3 is 0 Å². The molecule has 28 heavy (non-hydrogen) atoms. The number of rotatable bonds is 5. The zero-order valence-corrected chi connectivity index (χ0v) is 16.3. The second-order valence-electron chi connectivity index (χ2n) is 7.49. The molecule has 4 rings (SSSR count). The van der Waals surface area contributed by atoms with Crippen molar-refractivity contribution in [1.29, 1.82) is 0 Å². The van der Waals surface area contributed by atoms with E-state index in [0.717, 1.165) is 30.2 Å². The average molecular weight is 387 g/mol. The molecule has 2 amide bonds. The number of nitrogens with zero attached hydrogens (tertiary/aromatic N) is 5. The van der Waals surface area contributed by atoms with Crippen molar-refractivity contribution in [2.24, 2.45) is 0 Å². The zero-order chi connectivity index (χ0) is 19.7. The van der Waals surface area contributed by atoms with E-state index < -0.39 is 6.04 Å². The van der Waals surface area contributed by atoms with E-state index in [0.29, 0.717) is 44.8 Å². The molecule has 0 saturated carbocycles. The fourth-order valence-electron chi connectivity index (χ4n) is 3.87. The predicted octanol–water partition coefficient (Wildman–Crippen LogP) is 1.11. The molecular formula is C19H25N5O4. The molecular weight excluding hydrogens is 362 g/mol. The van der Waals surface area contributed by atoms with Crippen molar-refractivity contribution in [2.75, 3.05) is 26.2 Å². The van der Waals surface area contributed by atoms with Crippen molar-refractivity contribution >= 4 is 11.8 Å². The van der Waals surface area contributed by atoms with Gasteiger partial charge in [-0.25, -0.2) is 4.63 Å². The molecule has 2 aromatic rings. The van der Waals surface area contributed by atoms with Crippen molar-refractivity contribution in [3.8, 4) is 0 Å². The Morgan fingerprint density at radius 3 is 2.57 bits per heavy atom. The summed E-state index contributed by atoms with van der Waals surface area (Å²) in [6, 6.07) is 3.34. The molecule has 2 aliphatic heterocycles. The Bertz CT molecular complexity index is 852. The predicted molar refractivity (Wildman–Crippen MR) is 97.9 cm³/mol. The van der Waals surface area contributed by atoms with Crippen molar-refractivity contribution in [3.63, 3.8) is 0 Å². The number of carbonyl (C=O) groups excluding carboxylic acids is 2. The Morgan fingerprint density at radius 2 is 1.93 bits per heavy atom. The fourth-order valence-corrected chi connectivity index (χ4v) is 3.87. The van der Waals surface area contributed by atoms with Crippen molar-refractivity contribution in [3.05, 3.63) is 35.0 Å². The number of aryl methyl sites for hydroxylation is 2. The topological polar surface area (TPSA) is 95.9 Å². The summed E-state index contributed by atoms with van der Waals surface area (Å²) in [7, 11) is 0. The van der Waals surface area contributed by atoms with E-state index in [2.05, 4.69) is 15.2 Å². The first-order valence-electron chi connectivity index (χ1n) is 9.65. The number of likely N-dealkylation sites (tertiary alicyclic amines) is 1. The minimum absolute atomic E-state index is 0.0139. The maximum atomic E-state index is 13.1. The molecule has 1 unspecified atom stereocenters. The van der Waals surface area contributed by atoms with Gasteiger partial charge in [-0.1, -0.05) is 10.3 Å². The molecule has 150 valence electrons. The minimum atomic E-state index is -0.397. The molecule has 2 fully saturated rings. The molecule has 0 aromatic carbocycles. The van der Waals surface area contributed by atoms with Crippen molar-refractivity contribution < 1.29 is 18.6 Å². The number of furan rings is 1. The van der Waals surface area contributed by atoms with Gasteiger partial charge in [-0.2, -0.15) is 0 Å². The van der Waals surface area contributed by atoms with Gasteiger partial charge in [0, 0.05) is 39.1 Å². The first-order valence-corrected chi connectivity index (χ1v) is 9.65. The molecule has 0 bridgehead atoms. The highest BCUT2D eigenvalue weighted by Gasteiger charge is 2.39. The van der Waals surface area contributed by atoms with E-state index in [1.54, 1.807) is 4.90 Å². The largest absolute Gasteiger partial charge is 0.464 e. The van der Waals surface area contributed by atoms with Gasteiger partial charge in [0.15, 0.2) is 0 Å². The molecule has 4 heterocycles. The zero-order valence-electron chi connectivity index (χ0n) is 16.3. The van der Waals surface area contributed by atoms with Gasteiger partial charge in [-0.15, -0.1) is 0 Å². The van der Waals surface area contributed by atoms with E-state index >= 15 is 0 Å². The summed E-state index contributed by atoms with van der Waals surface area (Å²) >= 11 is 0. The van der Waals surface area contributed by atoms with Crippen LogP contribution in [0.25, 0.3) is 0 Å². The van der Waals surface area contributed by atoms with E-state index in [-0.39, 0.29) is 11.8 Å². The van der Waals surface area contributed by atoms with E-state index in [1.165, 1.54) is 0 Å². The summed E-state index contributed by atoms with van der Waals surface area (Å²) in [4.78, 5) is 31.2. The minimum Gasteiger partial charge on any atom is -0.464 e. The van der Waals surface area contributed by atoms with E-state index in [9.17, 15) is 9.59 Å². The van der Waals surface area contributed by atoms with Gasteiger partial charge in [0.05, 0.1) is 6.54 Å². The highest BCUT2D eigenvalue weighted by molar-refractivity contribution is 5.91. The third kappa shape index (κ3) is 3.80. The van der Waals surface area contributed by atoms with Crippen LogP contribution in [-0.4, -0.2) is 69.0 Å². The van der Waals surface area contributed by atoms with Gasteiger partial charge in [0.1, 0.15) is 29.0 Å². The quantitative estimate of drug-likeness (QED) is 0.758. The molecule has 2 aliphatic rings. The summed E-state index contributed by atoms with van der Waals surface area (Å²) in [5.41, 5.74) is 1.63. The second-order valence-corrected chi connectivity index (χ2v) is 7.49. The van der Waals surface area contributed by atoms with Crippen LogP contribution in [0.2, 0.25) is 0 Å². The van der Waals surface area contributed by atoms with Crippen LogP contribution in [0.3, 0.4) is 0 Å². The monoisotopic (exact) mass is 387 g/mol. The number of hydrogen-bond acceptors (Lipinski definition) is 7. The van der Waals surface area contributed by atoms with Gasteiger partial charge in [0.25, 0.3) is 0 Å². The maximum Gasteiger partial charge on any atom is 0.245 e. The lowest BCUT2D eigenvalue weighted by Crippen LogP contribution is -2.53. The lowest BCUT2D eigenvalue weighted by molar-refractivity contribution is -0.143. The van der Waals surface area contributed by atoms with Gasteiger partial charge in [-0.3, -0.25) is 14.5 Å². The second kappa shape index (κ2) is 7.75. The van der Waals surface area contributed by atoms with Crippen LogP contribution in [0.4, 0.5) is 0 Å². The third-order valence-corrected chi connectivity index (χ3v) is 5.54. The highest BCUT2D eigenvalue weighted by atomic mass is 16.6. The first kappa shape index (κ1) is 18.7. The van der Waals surface area contributed by atoms with Gasteiger partial charge in [-0.05, 0) is 32.4 Å². The van der Waals surface area contributed by atoms with Crippen LogP contribution in [-0.2, 0) is 22.7 Å². The summed E-state index contributed by atoms with van der Waals surface area (Å²) < 4.78 is 10.3. The molecule has 2 saturated heterocycles. The van der Waals surface area contributed by atoms with Gasteiger partial charge in [0.2, 0.25) is 11.8 Å². The smallest absolute Gasteiger partial charge is 0.245 e. The van der Waals surface area contributed by atoms with Crippen LogP contribution in [0.15, 0.2) is 21.2 Å². The van der Waals surface area contributed by atoms with Crippen LogP contribution < -0.4 is 0 Å². The SMILES string of the molecule is Cc1ccc(CN2C(=O)CCC2C(=O)N2CCN(Cc3nonc3C)CC2)o1.